The van der Waals surface area contributed by atoms with E-state index in [0.717, 1.165) is 38.5 Å². The fourth-order valence-electron chi connectivity index (χ4n) is 3.76. The molecular formula is C24H34N2O3. The number of hydrogen-bond acceptors (Lipinski definition) is 5. The Morgan fingerprint density at radius 1 is 1.10 bits per heavy atom. The monoisotopic (exact) mass is 398 g/mol. The van der Waals surface area contributed by atoms with Crippen molar-refractivity contribution in [3.63, 3.8) is 0 Å². The van der Waals surface area contributed by atoms with Crippen LogP contribution in [0.4, 0.5) is 0 Å². The van der Waals surface area contributed by atoms with E-state index in [1.54, 1.807) is 0 Å². The smallest absolute Gasteiger partial charge is 0.119 e. The first-order chi connectivity index (χ1) is 13.9. The van der Waals surface area contributed by atoms with Gasteiger partial charge in [-0.25, -0.2) is 0 Å². The molecule has 1 N–H and O–H groups in total. The molecule has 1 unspecified atom stereocenters. The lowest BCUT2D eigenvalue weighted by Crippen LogP contribution is -2.47. The molecule has 0 bridgehead atoms. The van der Waals surface area contributed by atoms with Crippen molar-refractivity contribution in [3.05, 3.63) is 65.7 Å². The predicted octanol–water partition coefficient (Wildman–Crippen LogP) is 3.17. The number of nitrogens with zero attached hydrogens (tertiary/aromatic N) is 2. The second kappa shape index (κ2) is 10.2. The van der Waals surface area contributed by atoms with Crippen LogP contribution in [0, 0.1) is 0 Å². The van der Waals surface area contributed by atoms with E-state index in [1.165, 1.54) is 11.1 Å². The van der Waals surface area contributed by atoms with Gasteiger partial charge in [0, 0.05) is 32.7 Å². The lowest BCUT2D eigenvalue weighted by molar-refractivity contribution is -0.0882. The summed E-state index contributed by atoms with van der Waals surface area (Å²) in [6.45, 7) is 9.54. The molecule has 0 spiro atoms. The van der Waals surface area contributed by atoms with Crippen LogP contribution in [0.3, 0.4) is 0 Å². The van der Waals surface area contributed by atoms with E-state index in [2.05, 4.69) is 47.9 Å². The molecule has 1 aliphatic heterocycles. The first-order valence-electron chi connectivity index (χ1n) is 10.4. The third-order valence-corrected chi connectivity index (χ3v) is 5.09. The molecule has 3 rings (SSSR count). The largest absolute Gasteiger partial charge is 0.491 e. The van der Waals surface area contributed by atoms with Crippen molar-refractivity contribution in [1.82, 2.24) is 9.80 Å². The highest BCUT2D eigenvalue weighted by molar-refractivity contribution is 5.27. The summed E-state index contributed by atoms with van der Waals surface area (Å²) in [5.41, 5.74) is 2.42. The zero-order valence-electron chi connectivity index (χ0n) is 17.9. The SMILES string of the molecule is CN(Cc1ccccc1)CC(O)COc1ccc(CN2CCOC(C)(C)C2)cc1. The summed E-state index contributed by atoms with van der Waals surface area (Å²) in [5.74, 6) is 0.792. The quantitative estimate of drug-likeness (QED) is 0.703. The average Bonchev–Trinajstić information content (AvgIpc) is 2.67. The van der Waals surface area contributed by atoms with Gasteiger partial charge in [0.05, 0.1) is 12.2 Å². The molecule has 1 atom stereocenters. The van der Waals surface area contributed by atoms with Crippen LogP contribution in [0.15, 0.2) is 54.6 Å². The summed E-state index contributed by atoms with van der Waals surface area (Å²) < 4.78 is 11.6. The van der Waals surface area contributed by atoms with Crippen molar-refractivity contribution in [2.75, 3.05) is 39.9 Å². The van der Waals surface area contributed by atoms with Gasteiger partial charge >= 0.3 is 0 Å². The molecule has 1 fully saturated rings. The van der Waals surface area contributed by atoms with Crippen LogP contribution in [0.25, 0.3) is 0 Å². The van der Waals surface area contributed by atoms with Gasteiger partial charge in [-0.2, -0.15) is 0 Å². The molecule has 0 aromatic heterocycles. The Bertz CT molecular complexity index is 734. The Hall–Kier alpha value is -1.92. The molecule has 0 aliphatic carbocycles. The fraction of sp³-hybridized carbons (Fsp3) is 0.500. The van der Waals surface area contributed by atoms with E-state index in [9.17, 15) is 5.11 Å². The van der Waals surface area contributed by atoms with E-state index in [1.807, 2.05) is 37.4 Å². The highest BCUT2D eigenvalue weighted by atomic mass is 16.5. The van der Waals surface area contributed by atoms with Crippen LogP contribution >= 0.6 is 0 Å². The van der Waals surface area contributed by atoms with E-state index >= 15 is 0 Å². The lowest BCUT2D eigenvalue weighted by Gasteiger charge is -2.38. The minimum absolute atomic E-state index is 0.0783. The van der Waals surface area contributed by atoms with E-state index in [0.29, 0.717) is 6.54 Å². The van der Waals surface area contributed by atoms with Gasteiger partial charge in [-0.1, -0.05) is 42.5 Å². The number of aliphatic hydroxyl groups is 1. The molecule has 2 aromatic carbocycles. The number of rotatable bonds is 9. The molecule has 5 heteroatoms. The van der Waals surface area contributed by atoms with Crippen LogP contribution < -0.4 is 4.74 Å². The topological polar surface area (TPSA) is 45.2 Å². The van der Waals surface area contributed by atoms with E-state index in [4.69, 9.17) is 9.47 Å². The second-order valence-corrected chi connectivity index (χ2v) is 8.61. The maximum atomic E-state index is 10.3. The maximum Gasteiger partial charge on any atom is 0.119 e. The summed E-state index contributed by atoms with van der Waals surface area (Å²) >= 11 is 0. The van der Waals surface area contributed by atoms with Crippen molar-refractivity contribution < 1.29 is 14.6 Å². The van der Waals surface area contributed by atoms with Crippen LogP contribution in [0.5, 0.6) is 5.75 Å². The molecule has 29 heavy (non-hydrogen) atoms. The Morgan fingerprint density at radius 3 is 2.52 bits per heavy atom. The summed E-state index contributed by atoms with van der Waals surface area (Å²) in [6, 6.07) is 18.5. The van der Waals surface area contributed by atoms with Crippen molar-refractivity contribution in [1.29, 1.82) is 0 Å². The number of likely N-dealkylation sites (N-methyl/N-ethyl adjacent to an activating group) is 1. The highest BCUT2D eigenvalue weighted by Crippen LogP contribution is 2.20. The number of ether oxygens (including phenoxy) is 2. The number of benzene rings is 2. The maximum absolute atomic E-state index is 10.3. The summed E-state index contributed by atoms with van der Waals surface area (Å²) in [6.07, 6.45) is -0.529. The first-order valence-corrected chi connectivity index (χ1v) is 10.4. The van der Waals surface area contributed by atoms with E-state index in [-0.39, 0.29) is 12.2 Å². The van der Waals surface area contributed by atoms with Gasteiger partial charge in [0.1, 0.15) is 18.5 Å². The predicted molar refractivity (Wildman–Crippen MR) is 116 cm³/mol. The number of aliphatic hydroxyl groups excluding tert-OH is 1. The molecule has 1 saturated heterocycles. The molecular weight excluding hydrogens is 364 g/mol. The molecule has 158 valence electrons. The average molecular weight is 399 g/mol. The minimum Gasteiger partial charge on any atom is -0.491 e. The van der Waals surface area contributed by atoms with Gasteiger partial charge in [0.15, 0.2) is 0 Å². The van der Waals surface area contributed by atoms with Gasteiger partial charge < -0.3 is 14.6 Å². The van der Waals surface area contributed by atoms with Crippen LogP contribution in [0.2, 0.25) is 0 Å². The summed E-state index contributed by atoms with van der Waals surface area (Å²) in [7, 11) is 2.01. The molecule has 5 nitrogen and oxygen atoms in total. The van der Waals surface area contributed by atoms with E-state index < -0.39 is 6.10 Å². The summed E-state index contributed by atoms with van der Waals surface area (Å²) in [5, 5.41) is 10.3. The molecule has 2 aromatic rings. The molecule has 0 amide bonds. The number of morpholine rings is 1. The van der Waals surface area contributed by atoms with Gasteiger partial charge in [-0.05, 0) is 44.2 Å². The van der Waals surface area contributed by atoms with Crippen molar-refractivity contribution in [2.24, 2.45) is 0 Å². The standard InChI is InChI=1S/C24H34N2O3/c1-24(2)19-26(13-14-29-24)16-21-9-11-23(12-10-21)28-18-22(27)17-25(3)15-20-7-5-4-6-8-20/h4-12,22,27H,13-19H2,1-3H3. The molecule has 1 heterocycles. The van der Waals surface area contributed by atoms with Crippen molar-refractivity contribution in [2.45, 2.75) is 38.6 Å². The Kier molecular flexibility index (Phi) is 7.67. The minimum atomic E-state index is -0.529. The normalized spacial score (nSPS) is 18.0. The zero-order valence-corrected chi connectivity index (χ0v) is 17.9. The Morgan fingerprint density at radius 2 is 1.83 bits per heavy atom. The van der Waals surface area contributed by atoms with Crippen LogP contribution in [-0.4, -0.2) is 66.5 Å². The Balaban J connectivity index is 1.40. The van der Waals surface area contributed by atoms with Crippen molar-refractivity contribution in [3.8, 4) is 5.75 Å². The molecule has 0 radical (unpaired) electrons. The third kappa shape index (κ3) is 7.44. The van der Waals surface area contributed by atoms with Crippen LogP contribution in [0.1, 0.15) is 25.0 Å². The number of hydrogen-bond donors (Lipinski definition) is 1. The first kappa shape index (κ1) is 21.8. The summed E-state index contributed by atoms with van der Waals surface area (Å²) in [4.78, 5) is 4.53. The highest BCUT2D eigenvalue weighted by Gasteiger charge is 2.26. The third-order valence-electron chi connectivity index (χ3n) is 5.09. The molecule has 0 saturated carbocycles. The van der Waals surface area contributed by atoms with Gasteiger partial charge in [0.25, 0.3) is 0 Å². The van der Waals surface area contributed by atoms with Crippen molar-refractivity contribution >= 4 is 0 Å². The Labute approximate surface area is 174 Å². The molecule has 1 aliphatic rings. The second-order valence-electron chi connectivity index (χ2n) is 8.61. The zero-order chi connectivity index (χ0) is 20.7. The van der Waals surface area contributed by atoms with Gasteiger partial charge in [0.2, 0.25) is 0 Å². The fourth-order valence-corrected chi connectivity index (χ4v) is 3.76. The van der Waals surface area contributed by atoms with Gasteiger partial charge in [-0.3, -0.25) is 9.80 Å². The van der Waals surface area contributed by atoms with Crippen LogP contribution in [-0.2, 0) is 17.8 Å². The lowest BCUT2D eigenvalue weighted by atomic mass is 10.1. The van der Waals surface area contributed by atoms with Gasteiger partial charge in [-0.15, -0.1) is 0 Å².